The van der Waals surface area contributed by atoms with Crippen LogP contribution in [0.3, 0.4) is 0 Å². The largest absolute Gasteiger partial charge is 0.490 e. The van der Waals surface area contributed by atoms with Crippen molar-refractivity contribution in [1.82, 2.24) is 4.57 Å². The van der Waals surface area contributed by atoms with Gasteiger partial charge in [-0.15, -0.1) is 0 Å². The highest BCUT2D eigenvalue weighted by Crippen LogP contribution is 2.32. The third kappa shape index (κ3) is 6.14. The predicted octanol–water partition coefficient (Wildman–Crippen LogP) is 5.43. The van der Waals surface area contributed by atoms with E-state index in [1.54, 1.807) is 36.6 Å². The van der Waals surface area contributed by atoms with Gasteiger partial charge in [-0.3, -0.25) is 9.36 Å². The van der Waals surface area contributed by atoms with Gasteiger partial charge in [0.1, 0.15) is 6.61 Å². The molecular weight excluding hydrogens is 560 g/mol. The Balaban J connectivity index is 1.56. The number of esters is 1. The standard InChI is InChI=1S/C32H29ClN2O5S/c1-4-38-26-17-22(11-16-25(26)40-19-21-9-7-6-8-10-21)18-27-30(36)35-29(23-12-14-24(33)15-13-23)28(31(37)39-5-2)20(3)34-32(35)41-27/h6-18,29H,4-5,19H2,1-3H3/b27-18+/t29-/m0/s1. The molecule has 0 amide bonds. The van der Waals surface area contributed by atoms with Gasteiger partial charge in [0.05, 0.1) is 35.1 Å². The first-order valence-electron chi connectivity index (χ1n) is 13.3. The number of halogens is 1. The van der Waals surface area contributed by atoms with Gasteiger partial charge in [-0.2, -0.15) is 0 Å². The summed E-state index contributed by atoms with van der Waals surface area (Å²) in [6.07, 6.45) is 1.80. The van der Waals surface area contributed by atoms with Crippen LogP contribution in [0, 0.1) is 0 Å². The van der Waals surface area contributed by atoms with Crippen molar-refractivity contribution in [3.05, 3.63) is 125 Å². The molecule has 0 aliphatic carbocycles. The molecule has 9 heteroatoms. The molecule has 7 nitrogen and oxygen atoms in total. The van der Waals surface area contributed by atoms with Crippen molar-refractivity contribution in [2.45, 2.75) is 33.4 Å². The molecule has 0 N–H and O–H groups in total. The topological polar surface area (TPSA) is 79.1 Å². The van der Waals surface area contributed by atoms with Crippen molar-refractivity contribution in [3.8, 4) is 11.5 Å². The predicted molar refractivity (Wildman–Crippen MR) is 160 cm³/mol. The number of carbonyl (C=O) groups excluding carboxylic acids is 1. The lowest BCUT2D eigenvalue weighted by Crippen LogP contribution is -2.39. The summed E-state index contributed by atoms with van der Waals surface area (Å²) >= 11 is 7.40. The molecular formula is C32H29ClN2O5S. The zero-order valence-corrected chi connectivity index (χ0v) is 24.5. The highest BCUT2D eigenvalue weighted by Gasteiger charge is 2.33. The molecule has 0 radical (unpaired) electrons. The molecule has 41 heavy (non-hydrogen) atoms. The number of nitrogens with zero attached hydrogens (tertiary/aromatic N) is 2. The number of hydrogen-bond donors (Lipinski definition) is 0. The number of ether oxygens (including phenoxy) is 3. The molecule has 5 rings (SSSR count). The van der Waals surface area contributed by atoms with Crippen LogP contribution >= 0.6 is 22.9 Å². The molecule has 0 spiro atoms. The lowest BCUT2D eigenvalue weighted by Gasteiger charge is -2.24. The summed E-state index contributed by atoms with van der Waals surface area (Å²) in [7, 11) is 0. The van der Waals surface area contributed by atoms with Gasteiger partial charge in [0.2, 0.25) is 0 Å². The van der Waals surface area contributed by atoms with Crippen LogP contribution in [0.2, 0.25) is 5.02 Å². The lowest BCUT2D eigenvalue weighted by atomic mass is 9.96. The number of benzene rings is 3. The van der Waals surface area contributed by atoms with Crippen molar-refractivity contribution in [3.63, 3.8) is 0 Å². The van der Waals surface area contributed by atoms with E-state index in [1.807, 2.05) is 67.6 Å². The first-order valence-corrected chi connectivity index (χ1v) is 14.5. The second-order valence-electron chi connectivity index (χ2n) is 9.27. The van der Waals surface area contributed by atoms with Crippen molar-refractivity contribution < 1.29 is 19.0 Å². The Morgan fingerprint density at radius 1 is 1.00 bits per heavy atom. The van der Waals surface area contributed by atoms with E-state index in [4.69, 9.17) is 25.8 Å². The third-order valence-electron chi connectivity index (χ3n) is 6.51. The van der Waals surface area contributed by atoms with E-state index in [1.165, 1.54) is 11.3 Å². The molecule has 0 unspecified atom stereocenters. The molecule has 4 aromatic rings. The maximum absolute atomic E-state index is 13.9. The minimum atomic E-state index is -0.697. The molecule has 1 aliphatic rings. The quantitative estimate of drug-likeness (QED) is 0.244. The zero-order chi connectivity index (χ0) is 28.9. The van der Waals surface area contributed by atoms with Gasteiger partial charge in [0.25, 0.3) is 5.56 Å². The zero-order valence-electron chi connectivity index (χ0n) is 22.9. The molecule has 2 heterocycles. The Hall–Kier alpha value is -4.14. The SMILES string of the molecule is CCOC(=O)C1=C(C)N=c2s/c(=C/c3ccc(OCc4ccccc4)c(OCC)c3)c(=O)n2[C@H]1c1ccc(Cl)cc1. The average molecular weight is 589 g/mol. The maximum Gasteiger partial charge on any atom is 0.338 e. The summed E-state index contributed by atoms with van der Waals surface area (Å²) in [6.45, 7) is 6.49. The van der Waals surface area contributed by atoms with Crippen LogP contribution in [-0.2, 0) is 16.1 Å². The van der Waals surface area contributed by atoms with E-state index in [-0.39, 0.29) is 12.2 Å². The monoisotopic (exact) mass is 588 g/mol. The maximum atomic E-state index is 13.9. The van der Waals surface area contributed by atoms with Gasteiger partial charge < -0.3 is 14.2 Å². The fourth-order valence-corrected chi connectivity index (χ4v) is 5.81. The van der Waals surface area contributed by atoms with Crippen molar-refractivity contribution in [2.75, 3.05) is 13.2 Å². The number of fused-ring (bicyclic) bond motifs is 1. The first kappa shape index (κ1) is 28.4. The van der Waals surface area contributed by atoms with Crippen LogP contribution in [0.25, 0.3) is 6.08 Å². The molecule has 1 aromatic heterocycles. The smallest absolute Gasteiger partial charge is 0.338 e. The van der Waals surface area contributed by atoms with Crippen LogP contribution in [0.5, 0.6) is 11.5 Å². The van der Waals surface area contributed by atoms with Crippen molar-refractivity contribution in [2.24, 2.45) is 4.99 Å². The van der Waals surface area contributed by atoms with Crippen LogP contribution in [0.15, 0.2) is 93.9 Å². The molecule has 0 bridgehead atoms. The second-order valence-corrected chi connectivity index (χ2v) is 10.7. The summed E-state index contributed by atoms with van der Waals surface area (Å²) in [5.74, 6) is 0.701. The molecule has 0 fully saturated rings. The van der Waals surface area contributed by atoms with Gasteiger partial charge in [-0.05, 0) is 67.8 Å². The Morgan fingerprint density at radius 3 is 2.46 bits per heavy atom. The summed E-state index contributed by atoms with van der Waals surface area (Å²) in [5.41, 5.74) is 3.13. The minimum Gasteiger partial charge on any atom is -0.490 e. The van der Waals surface area contributed by atoms with Gasteiger partial charge in [-0.1, -0.05) is 71.5 Å². The van der Waals surface area contributed by atoms with E-state index in [0.717, 1.165) is 16.7 Å². The molecule has 1 aliphatic heterocycles. The van der Waals surface area contributed by atoms with Crippen LogP contribution < -0.4 is 24.4 Å². The molecule has 210 valence electrons. The number of allylic oxidation sites excluding steroid dienone is 1. The first-order chi connectivity index (χ1) is 19.9. The lowest BCUT2D eigenvalue weighted by molar-refractivity contribution is -0.139. The van der Waals surface area contributed by atoms with E-state index in [0.29, 0.717) is 50.3 Å². The fraction of sp³-hybridized carbons (Fsp3) is 0.219. The second kappa shape index (κ2) is 12.6. The van der Waals surface area contributed by atoms with Gasteiger partial charge in [0, 0.05) is 5.02 Å². The third-order valence-corrected chi connectivity index (χ3v) is 7.74. The average Bonchev–Trinajstić information content (AvgIpc) is 3.27. The number of rotatable bonds is 9. The molecule has 0 saturated heterocycles. The Kier molecular flexibility index (Phi) is 8.71. The molecule has 1 atom stereocenters. The van der Waals surface area contributed by atoms with Crippen LogP contribution in [-0.4, -0.2) is 23.8 Å². The van der Waals surface area contributed by atoms with Gasteiger partial charge >= 0.3 is 5.97 Å². The highest BCUT2D eigenvalue weighted by atomic mass is 35.5. The van der Waals surface area contributed by atoms with Crippen molar-refractivity contribution >= 4 is 35.0 Å². The van der Waals surface area contributed by atoms with Gasteiger partial charge in [-0.25, -0.2) is 9.79 Å². The van der Waals surface area contributed by atoms with E-state index in [2.05, 4.69) is 4.99 Å². The summed E-state index contributed by atoms with van der Waals surface area (Å²) < 4.78 is 19.3. The normalized spacial score (nSPS) is 14.8. The number of hydrogen-bond acceptors (Lipinski definition) is 7. The summed E-state index contributed by atoms with van der Waals surface area (Å²) in [6, 6.07) is 21.9. The van der Waals surface area contributed by atoms with Crippen LogP contribution in [0.4, 0.5) is 0 Å². The number of thiazole rings is 1. The fourth-order valence-electron chi connectivity index (χ4n) is 4.64. The van der Waals surface area contributed by atoms with E-state index in [9.17, 15) is 9.59 Å². The Labute approximate surface area is 246 Å². The van der Waals surface area contributed by atoms with E-state index < -0.39 is 12.0 Å². The van der Waals surface area contributed by atoms with Gasteiger partial charge in [0.15, 0.2) is 16.3 Å². The number of carbonyl (C=O) groups is 1. The van der Waals surface area contributed by atoms with E-state index >= 15 is 0 Å². The summed E-state index contributed by atoms with van der Waals surface area (Å²) in [4.78, 5) is 32.0. The summed E-state index contributed by atoms with van der Waals surface area (Å²) in [5, 5.41) is 0.556. The Morgan fingerprint density at radius 2 is 1.76 bits per heavy atom. The van der Waals surface area contributed by atoms with Crippen LogP contribution in [0.1, 0.15) is 43.5 Å². The molecule has 3 aromatic carbocycles. The molecule has 0 saturated carbocycles. The minimum absolute atomic E-state index is 0.209. The number of aromatic nitrogens is 1. The Bertz CT molecular complexity index is 1780. The van der Waals surface area contributed by atoms with Crippen molar-refractivity contribution in [1.29, 1.82) is 0 Å². The highest BCUT2D eigenvalue weighted by molar-refractivity contribution is 7.07.